The average Bonchev–Trinajstić information content (AvgIpc) is 2.17. The quantitative estimate of drug-likeness (QED) is 0.541. The number of hydrogen-bond acceptors (Lipinski definition) is 3. The van der Waals surface area contributed by atoms with Crippen molar-refractivity contribution in [3.8, 4) is 0 Å². The van der Waals surface area contributed by atoms with Crippen LogP contribution in [-0.2, 0) is 4.79 Å². The fourth-order valence-electron chi connectivity index (χ4n) is 0.984. The molecule has 0 spiro atoms. The molecule has 0 fully saturated rings. The number of amides is 1. The topological polar surface area (TPSA) is 60.8 Å². The molecule has 0 aliphatic heterocycles. The average molecular weight is 187 g/mol. The zero-order chi connectivity index (χ0) is 10.1. The highest BCUT2D eigenvalue weighted by atomic mass is 16.3. The molecular weight excluding hydrogens is 170 g/mol. The van der Waals surface area contributed by atoms with E-state index < -0.39 is 0 Å². The van der Waals surface area contributed by atoms with Crippen molar-refractivity contribution in [2.24, 2.45) is 0 Å². The monoisotopic (exact) mass is 187 g/mol. The van der Waals surface area contributed by atoms with E-state index in [1.165, 1.54) is 6.08 Å². The highest BCUT2D eigenvalue weighted by molar-refractivity contribution is 5.86. The lowest BCUT2D eigenvalue weighted by atomic mass is 10.3. The van der Waals surface area contributed by atoms with Gasteiger partial charge in [0.25, 0.3) is 0 Å². The van der Waals surface area contributed by atoms with Crippen LogP contribution in [-0.4, -0.2) is 47.3 Å². The fraction of sp³-hybridized carbons (Fsp3) is 0.667. The number of nitrogens with zero attached hydrogens (tertiary/aromatic N) is 1. The van der Waals surface area contributed by atoms with Crippen molar-refractivity contribution in [2.75, 3.05) is 26.3 Å². The molecule has 0 unspecified atom stereocenters. The summed E-state index contributed by atoms with van der Waals surface area (Å²) in [6.45, 7) is 4.55. The molecule has 1 amide bonds. The van der Waals surface area contributed by atoms with E-state index in [0.29, 0.717) is 25.9 Å². The van der Waals surface area contributed by atoms with E-state index in [1.54, 1.807) is 4.90 Å². The van der Waals surface area contributed by atoms with Crippen LogP contribution in [0, 0.1) is 0 Å². The minimum absolute atomic E-state index is 0.0695. The van der Waals surface area contributed by atoms with Crippen LogP contribution in [0.4, 0.5) is 0 Å². The van der Waals surface area contributed by atoms with Gasteiger partial charge in [0, 0.05) is 26.3 Å². The summed E-state index contributed by atoms with van der Waals surface area (Å²) >= 11 is 0. The van der Waals surface area contributed by atoms with Gasteiger partial charge in [0.2, 0.25) is 5.91 Å². The largest absolute Gasteiger partial charge is 0.396 e. The summed E-state index contributed by atoms with van der Waals surface area (Å²) in [6.07, 6.45) is 2.37. The third-order valence-electron chi connectivity index (χ3n) is 1.66. The Morgan fingerprint density at radius 2 is 1.69 bits per heavy atom. The van der Waals surface area contributed by atoms with Crippen LogP contribution in [0.3, 0.4) is 0 Å². The summed E-state index contributed by atoms with van der Waals surface area (Å²) in [6, 6.07) is 0. The summed E-state index contributed by atoms with van der Waals surface area (Å²) in [5.41, 5.74) is 0. The molecule has 4 nitrogen and oxygen atoms in total. The molecule has 0 aliphatic carbocycles. The number of carbonyl (C=O) groups excluding carboxylic acids is 1. The van der Waals surface area contributed by atoms with Gasteiger partial charge in [-0.25, -0.2) is 0 Å². The number of carbonyl (C=O) groups is 1. The van der Waals surface area contributed by atoms with Gasteiger partial charge in [-0.15, -0.1) is 0 Å². The highest BCUT2D eigenvalue weighted by Crippen LogP contribution is 1.95. The first kappa shape index (κ1) is 12.1. The van der Waals surface area contributed by atoms with E-state index in [0.717, 1.165) is 0 Å². The summed E-state index contributed by atoms with van der Waals surface area (Å²) in [5.74, 6) is -0.151. The van der Waals surface area contributed by atoms with Crippen LogP contribution >= 0.6 is 0 Å². The SMILES string of the molecule is C=CC(=O)N(CCCO)CCCO. The molecule has 0 aromatic heterocycles. The summed E-state index contributed by atoms with van der Waals surface area (Å²) in [4.78, 5) is 12.7. The van der Waals surface area contributed by atoms with Crippen molar-refractivity contribution in [2.45, 2.75) is 12.8 Å². The minimum Gasteiger partial charge on any atom is -0.396 e. The number of aliphatic hydroxyl groups excluding tert-OH is 2. The van der Waals surface area contributed by atoms with Gasteiger partial charge in [-0.2, -0.15) is 0 Å². The van der Waals surface area contributed by atoms with Gasteiger partial charge in [-0.05, 0) is 18.9 Å². The maximum absolute atomic E-state index is 11.2. The van der Waals surface area contributed by atoms with Crippen molar-refractivity contribution >= 4 is 5.91 Å². The Balaban J connectivity index is 3.86. The highest BCUT2D eigenvalue weighted by Gasteiger charge is 2.07. The first-order valence-corrected chi connectivity index (χ1v) is 4.39. The van der Waals surface area contributed by atoms with Crippen molar-refractivity contribution < 1.29 is 15.0 Å². The molecule has 2 N–H and O–H groups in total. The Labute approximate surface area is 78.5 Å². The molecule has 4 heteroatoms. The Bertz CT molecular complexity index is 151. The maximum atomic E-state index is 11.2. The van der Waals surface area contributed by atoms with Crippen LogP contribution in [0.1, 0.15) is 12.8 Å². The molecule has 0 atom stereocenters. The van der Waals surface area contributed by atoms with Gasteiger partial charge < -0.3 is 15.1 Å². The van der Waals surface area contributed by atoms with Gasteiger partial charge in [0.05, 0.1) is 0 Å². The van der Waals surface area contributed by atoms with Crippen molar-refractivity contribution in [1.29, 1.82) is 0 Å². The van der Waals surface area contributed by atoms with Gasteiger partial charge in [-0.1, -0.05) is 6.58 Å². The molecule has 0 saturated carbocycles. The van der Waals surface area contributed by atoms with Crippen molar-refractivity contribution in [3.05, 3.63) is 12.7 Å². The van der Waals surface area contributed by atoms with Gasteiger partial charge in [0.15, 0.2) is 0 Å². The van der Waals surface area contributed by atoms with E-state index in [9.17, 15) is 4.79 Å². The molecule has 0 bridgehead atoms. The lowest BCUT2D eigenvalue weighted by Gasteiger charge is -2.19. The van der Waals surface area contributed by atoms with Crippen LogP contribution in [0.5, 0.6) is 0 Å². The van der Waals surface area contributed by atoms with E-state index >= 15 is 0 Å². The minimum atomic E-state index is -0.151. The second kappa shape index (κ2) is 7.76. The summed E-state index contributed by atoms with van der Waals surface area (Å²) in [7, 11) is 0. The Hall–Kier alpha value is -0.870. The zero-order valence-corrected chi connectivity index (χ0v) is 7.78. The molecular formula is C9H17NO3. The van der Waals surface area contributed by atoms with Gasteiger partial charge in [0.1, 0.15) is 0 Å². The molecule has 13 heavy (non-hydrogen) atoms. The maximum Gasteiger partial charge on any atom is 0.245 e. The van der Waals surface area contributed by atoms with E-state index in [1.807, 2.05) is 0 Å². The van der Waals surface area contributed by atoms with Crippen LogP contribution in [0.15, 0.2) is 12.7 Å². The third-order valence-corrected chi connectivity index (χ3v) is 1.66. The molecule has 0 aliphatic rings. The van der Waals surface area contributed by atoms with Gasteiger partial charge in [-0.3, -0.25) is 4.79 Å². The van der Waals surface area contributed by atoms with Crippen molar-refractivity contribution in [3.63, 3.8) is 0 Å². The van der Waals surface area contributed by atoms with Crippen molar-refractivity contribution in [1.82, 2.24) is 4.90 Å². The Morgan fingerprint density at radius 3 is 2.00 bits per heavy atom. The first-order valence-electron chi connectivity index (χ1n) is 4.39. The molecule has 0 aromatic carbocycles. The fourth-order valence-corrected chi connectivity index (χ4v) is 0.984. The third kappa shape index (κ3) is 5.38. The lowest BCUT2D eigenvalue weighted by Crippen LogP contribution is -2.32. The Kier molecular flexibility index (Phi) is 7.24. The van der Waals surface area contributed by atoms with E-state index in [-0.39, 0.29) is 19.1 Å². The predicted molar refractivity (Wildman–Crippen MR) is 50.2 cm³/mol. The van der Waals surface area contributed by atoms with Gasteiger partial charge >= 0.3 is 0 Å². The smallest absolute Gasteiger partial charge is 0.245 e. The van der Waals surface area contributed by atoms with Crippen LogP contribution < -0.4 is 0 Å². The number of aliphatic hydroxyl groups is 2. The van der Waals surface area contributed by atoms with E-state index in [4.69, 9.17) is 10.2 Å². The van der Waals surface area contributed by atoms with Crippen LogP contribution in [0.25, 0.3) is 0 Å². The molecule has 0 radical (unpaired) electrons. The first-order chi connectivity index (χ1) is 6.26. The molecule has 0 aromatic rings. The second-order valence-corrected chi connectivity index (χ2v) is 2.68. The normalized spacial score (nSPS) is 9.69. The molecule has 0 saturated heterocycles. The van der Waals surface area contributed by atoms with Crippen LogP contribution in [0.2, 0.25) is 0 Å². The predicted octanol–water partition coefficient (Wildman–Crippen LogP) is -0.234. The number of rotatable bonds is 7. The second-order valence-electron chi connectivity index (χ2n) is 2.68. The number of hydrogen-bond donors (Lipinski definition) is 2. The molecule has 0 rings (SSSR count). The molecule has 0 heterocycles. The summed E-state index contributed by atoms with van der Waals surface area (Å²) < 4.78 is 0. The zero-order valence-electron chi connectivity index (χ0n) is 7.78. The Morgan fingerprint density at radius 1 is 1.23 bits per heavy atom. The summed E-state index contributed by atoms with van der Waals surface area (Å²) in [5, 5.41) is 17.2. The van der Waals surface area contributed by atoms with E-state index in [2.05, 4.69) is 6.58 Å². The molecule has 76 valence electrons. The standard InChI is InChI=1S/C9H17NO3/c1-2-9(13)10(5-3-7-11)6-4-8-12/h2,11-12H,1,3-8H2. The lowest BCUT2D eigenvalue weighted by molar-refractivity contribution is -0.126.